The minimum Gasteiger partial charge on any atom is -0.495 e. The number of nitrogens with one attached hydrogen (secondary N) is 1. The van der Waals surface area contributed by atoms with Crippen LogP contribution in [-0.2, 0) is 0 Å². The van der Waals surface area contributed by atoms with E-state index in [1.807, 2.05) is 55.5 Å². The maximum atomic E-state index is 13.0. The Bertz CT molecular complexity index is 1100. The molecule has 7 heteroatoms. The molecule has 1 N–H and O–H groups in total. The number of methoxy groups -OCH3 is 1. The highest BCUT2D eigenvalue weighted by atomic mass is 16.5. The molecule has 0 aliphatic rings. The maximum Gasteiger partial charge on any atom is 0.351 e. The van der Waals surface area contributed by atoms with Crippen molar-refractivity contribution >= 4 is 0 Å². The van der Waals surface area contributed by atoms with Gasteiger partial charge in [-0.15, -0.1) is 0 Å². The molecule has 0 radical (unpaired) electrons. The zero-order valence-electron chi connectivity index (χ0n) is 15.0. The minimum atomic E-state index is -0.222. The Hall–Kier alpha value is -3.61. The lowest BCUT2D eigenvalue weighted by molar-refractivity contribution is 0.412. The van der Waals surface area contributed by atoms with Crippen molar-refractivity contribution in [2.45, 2.75) is 13.0 Å². The van der Waals surface area contributed by atoms with Gasteiger partial charge in [-0.3, -0.25) is 5.10 Å². The summed E-state index contributed by atoms with van der Waals surface area (Å²) in [5.41, 5.74) is 3.33. The van der Waals surface area contributed by atoms with Crippen LogP contribution in [0.15, 0.2) is 72.0 Å². The number of hydrogen-bond donors (Lipinski definition) is 1. The van der Waals surface area contributed by atoms with Crippen LogP contribution in [0, 0.1) is 0 Å². The van der Waals surface area contributed by atoms with E-state index < -0.39 is 0 Å². The molecule has 0 aliphatic heterocycles. The van der Waals surface area contributed by atoms with Crippen LogP contribution in [0.4, 0.5) is 0 Å². The number of benzene rings is 2. The van der Waals surface area contributed by atoms with Gasteiger partial charge in [0.15, 0.2) is 0 Å². The standard InChI is InChI=1S/C20H19N5O2/c1-14(15-6-4-3-5-7-15)25-20(26)24(13-23-25)18-9-8-16(10-19(18)27-2)17-11-21-22-12-17/h3-14H,1-2H3,(H,21,22). The van der Waals surface area contributed by atoms with Crippen LogP contribution < -0.4 is 10.4 Å². The van der Waals surface area contributed by atoms with Crippen molar-refractivity contribution in [2.24, 2.45) is 0 Å². The summed E-state index contributed by atoms with van der Waals surface area (Å²) in [7, 11) is 1.58. The molecule has 1 unspecified atom stereocenters. The van der Waals surface area contributed by atoms with Gasteiger partial charge in [-0.25, -0.2) is 14.0 Å². The van der Waals surface area contributed by atoms with Crippen LogP contribution in [0.5, 0.6) is 5.75 Å². The monoisotopic (exact) mass is 361 g/mol. The summed E-state index contributed by atoms with van der Waals surface area (Å²) in [6.45, 7) is 1.95. The third-order valence-corrected chi connectivity index (χ3v) is 4.61. The molecule has 1 atom stereocenters. The summed E-state index contributed by atoms with van der Waals surface area (Å²) < 4.78 is 8.49. The second-order valence-corrected chi connectivity index (χ2v) is 6.19. The van der Waals surface area contributed by atoms with Gasteiger partial charge in [-0.2, -0.15) is 10.2 Å². The molecule has 0 amide bonds. The van der Waals surface area contributed by atoms with Crippen molar-refractivity contribution < 1.29 is 4.74 Å². The van der Waals surface area contributed by atoms with E-state index in [0.29, 0.717) is 11.4 Å². The molecule has 0 fully saturated rings. The molecule has 0 saturated heterocycles. The van der Waals surface area contributed by atoms with Gasteiger partial charge in [0.25, 0.3) is 0 Å². The summed E-state index contributed by atoms with van der Waals surface area (Å²) >= 11 is 0. The third-order valence-electron chi connectivity index (χ3n) is 4.61. The van der Waals surface area contributed by atoms with E-state index >= 15 is 0 Å². The fourth-order valence-electron chi connectivity index (χ4n) is 3.09. The van der Waals surface area contributed by atoms with Gasteiger partial charge in [-0.05, 0) is 30.2 Å². The first-order valence-electron chi connectivity index (χ1n) is 8.57. The topological polar surface area (TPSA) is 77.7 Å². The van der Waals surface area contributed by atoms with Gasteiger partial charge in [0, 0.05) is 11.8 Å². The second kappa shape index (κ2) is 6.95. The number of ether oxygens (including phenoxy) is 1. The van der Waals surface area contributed by atoms with Crippen LogP contribution in [-0.4, -0.2) is 31.7 Å². The van der Waals surface area contributed by atoms with Crippen molar-refractivity contribution in [3.05, 3.63) is 83.3 Å². The van der Waals surface area contributed by atoms with Gasteiger partial charge >= 0.3 is 5.69 Å². The van der Waals surface area contributed by atoms with Gasteiger partial charge in [0.1, 0.15) is 12.1 Å². The Balaban J connectivity index is 1.74. The number of aromatic nitrogens is 5. The Morgan fingerprint density at radius 1 is 1.11 bits per heavy atom. The lowest BCUT2D eigenvalue weighted by atomic mass is 10.1. The lowest BCUT2D eigenvalue weighted by Gasteiger charge is -2.12. The predicted molar refractivity (Wildman–Crippen MR) is 102 cm³/mol. The molecule has 0 aliphatic carbocycles. The molecule has 0 spiro atoms. The highest BCUT2D eigenvalue weighted by molar-refractivity contribution is 5.67. The molecule has 0 saturated carbocycles. The van der Waals surface area contributed by atoms with E-state index in [2.05, 4.69) is 15.3 Å². The molecule has 4 rings (SSSR count). The van der Waals surface area contributed by atoms with Crippen LogP contribution in [0.2, 0.25) is 0 Å². The predicted octanol–water partition coefficient (Wildman–Crippen LogP) is 3.04. The third kappa shape index (κ3) is 3.03. The Labute approximate surface area is 155 Å². The number of hydrogen-bond acceptors (Lipinski definition) is 4. The van der Waals surface area contributed by atoms with Gasteiger partial charge in [0.2, 0.25) is 0 Å². The first kappa shape index (κ1) is 16.8. The highest BCUT2D eigenvalue weighted by Gasteiger charge is 2.17. The average Bonchev–Trinajstić information content (AvgIpc) is 3.38. The number of rotatable bonds is 5. The number of nitrogens with zero attached hydrogens (tertiary/aromatic N) is 4. The van der Waals surface area contributed by atoms with Gasteiger partial charge in [-0.1, -0.05) is 36.4 Å². The Morgan fingerprint density at radius 3 is 2.63 bits per heavy atom. The van der Waals surface area contributed by atoms with E-state index in [0.717, 1.165) is 16.7 Å². The largest absolute Gasteiger partial charge is 0.495 e. The van der Waals surface area contributed by atoms with Crippen LogP contribution in [0.25, 0.3) is 16.8 Å². The zero-order chi connectivity index (χ0) is 18.8. The lowest BCUT2D eigenvalue weighted by Crippen LogP contribution is -2.27. The summed E-state index contributed by atoms with van der Waals surface area (Å²) in [5, 5.41) is 11.1. The summed E-state index contributed by atoms with van der Waals surface area (Å²) in [6, 6.07) is 15.3. The summed E-state index contributed by atoms with van der Waals surface area (Å²) in [4.78, 5) is 13.0. The normalized spacial score (nSPS) is 12.1. The molecule has 27 heavy (non-hydrogen) atoms. The van der Waals surface area contributed by atoms with Crippen molar-refractivity contribution in [3.63, 3.8) is 0 Å². The summed E-state index contributed by atoms with van der Waals surface area (Å²) in [5.74, 6) is 0.586. The molecule has 0 bridgehead atoms. The molecule has 2 aromatic carbocycles. The molecular weight excluding hydrogens is 342 g/mol. The van der Waals surface area contributed by atoms with Crippen molar-refractivity contribution in [2.75, 3.05) is 7.11 Å². The smallest absolute Gasteiger partial charge is 0.351 e. The molecular formula is C20H19N5O2. The molecule has 2 heterocycles. The molecule has 7 nitrogen and oxygen atoms in total. The fraction of sp³-hybridized carbons (Fsp3) is 0.150. The van der Waals surface area contributed by atoms with Crippen LogP contribution in [0.1, 0.15) is 18.5 Å². The first-order chi connectivity index (χ1) is 13.2. The SMILES string of the molecule is COc1cc(-c2cn[nH]c2)ccc1-n1cnn(C(C)c2ccccc2)c1=O. The minimum absolute atomic E-state index is 0.170. The Morgan fingerprint density at radius 2 is 1.93 bits per heavy atom. The van der Waals surface area contributed by atoms with Gasteiger partial charge in [0.05, 0.1) is 25.0 Å². The average molecular weight is 361 g/mol. The quantitative estimate of drug-likeness (QED) is 0.593. The maximum absolute atomic E-state index is 13.0. The van der Waals surface area contributed by atoms with Crippen molar-refractivity contribution in [3.8, 4) is 22.6 Å². The van der Waals surface area contributed by atoms with E-state index in [9.17, 15) is 4.79 Å². The first-order valence-corrected chi connectivity index (χ1v) is 8.57. The highest BCUT2D eigenvalue weighted by Crippen LogP contribution is 2.28. The van der Waals surface area contributed by atoms with Gasteiger partial charge < -0.3 is 4.74 Å². The van der Waals surface area contributed by atoms with E-state index in [-0.39, 0.29) is 11.7 Å². The Kier molecular flexibility index (Phi) is 4.33. The fourth-order valence-corrected chi connectivity index (χ4v) is 3.09. The van der Waals surface area contributed by atoms with Crippen molar-refractivity contribution in [1.29, 1.82) is 0 Å². The number of aromatic amines is 1. The second-order valence-electron chi connectivity index (χ2n) is 6.19. The van der Waals surface area contributed by atoms with Crippen LogP contribution >= 0.6 is 0 Å². The van der Waals surface area contributed by atoms with Crippen molar-refractivity contribution in [1.82, 2.24) is 24.5 Å². The molecule has 136 valence electrons. The molecule has 4 aromatic rings. The van der Waals surface area contributed by atoms with E-state index in [1.165, 1.54) is 15.6 Å². The molecule has 2 aromatic heterocycles. The van der Waals surface area contributed by atoms with E-state index in [1.54, 1.807) is 19.5 Å². The zero-order valence-corrected chi connectivity index (χ0v) is 15.0. The van der Waals surface area contributed by atoms with E-state index in [4.69, 9.17) is 4.74 Å². The summed E-state index contributed by atoms with van der Waals surface area (Å²) in [6.07, 6.45) is 5.07. The van der Waals surface area contributed by atoms with Crippen LogP contribution in [0.3, 0.4) is 0 Å². The number of H-pyrrole nitrogens is 1.